The fraction of sp³-hybridized carbons (Fsp3) is 0.385. The second-order valence-corrected chi connectivity index (χ2v) is 4.68. The second kappa shape index (κ2) is 4.79. The maximum atomic E-state index is 11.8. The Morgan fingerprint density at radius 3 is 2.68 bits per heavy atom. The number of phenols is 1. The number of ether oxygens (including phenoxy) is 1. The number of nitrogens with one attached hydrogen (secondary N) is 2. The normalized spacial score (nSPS) is 18.9. The number of amidine groups is 1. The fourth-order valence-electron chi connectivity index (χ4n) is 2.24. The van der Waals surface area contributed by atoms with Gasteiger partial charge in [0.15, 0.2) is 11.5 Å². The number of phenolic OH excluding ortho intramolecular Hbond substituents is 1. The van der Waals surface area contributed by atoms with Gasteiger partial charge in [-0.15, -0.1) is 0 Å². The molecule has 102 valence electrons. The molecule has 1 heterocycles. The van der Waals surface area contributed by atoms with Crippen LogP contribution in [0.15, 0.2) is 18.2 Å². The van der Waals surface area contributed by atoms with E-state index >= 15 is 0 Å². The molecule has 2 rings (SSSR count). The summed E-state index contributed by atoms with van der Waals surface area (Å²) in [6.07, 6.45) is 0. The van der Waals surface area contributed by atoms with Gasteiger partial charge in [-0.1, -0.05) is 6.07 Å². The third kappa shape index (κ3) is 2.21. The second-order valence-electron chi connectivity index (χ2n) is 4.68. The molecular weight excluding hydrogens is 246 g/mol. The molecule has 0 spiro atoms. The highest BCUT2D eigenvalue weighted by Crippen LogP contribution is 2.33. The van der Waals surface area contributed by atoms with E-state index < -0.39 is 6.04 Å². The van der Waals surface area contributed by atoms with Crippen LogP contribution in [0, 0.1) is 5.41 Å². The van der Waals surface area contributed by atoms with Crippen molar-refractivity contribution in [3.05, 3.63) is 23.8 Å². The molecule has 3 N–H and O–H groups in total. The minimum atomic E-state index is -0.496. The van der Waals surface area contributed by atoms with Gasteiger partial charge >= 0.3 is 6.03 Å². The van der Waals surface area contributed by atoms with Crippen molar-refractivity contribution in [2.24, 2.45) is 0 Å². The fourth-order valence-corrected chi connectivity index (χ4v) is 2.24. The van der Waals surface area contributed by atoms with Gasteiger partial charge in [-0.2, -0.15) is 0 Å². The predicted octanol–water partition coefficient (Wildman–Crippen LogP) is 1.85. The average Bonchev–Trinajstić information content (AvgIpc) is 2.64. The van der Waals surface area contributed by atoms with Crippen LogP contribution in [0.5, 0.6) is 11.5 Å². The monoisotopic (exact) mass is 263 g/mol. The van der Waals surface area contributed by atoms with Gasteiger partial charge in [0.2, 0.25) is 0 Å². The standard InChI is InChI=1S/C13H17N3O3/c1-7(2)16-11(12(14)15-13(16)18)8-4-5-10(19-3)9(17)6-8/h4-7,11,17H,1-3H3,(H2,14,15,18). The highest BCUT2D eigenvalue weighted by Gasteiger charge is 2.38. The first-order valence-corrected chi connectivity index (χ1v) is 6.00. The van der Waals surface area contributed by atoms with Crippen molar-refractivity contribution in [2.45, 2.75) is 25.9 Å². The molecule has 1 atom stereocenters. The first kappa shape index (κ1) is 13.2. The molecule has 1 fully saturated rings. The van der Waals surface area contributed by atoms with Crippen molar-refractivity contribution in [1.29, 1.82) is 5.41 Å². The number of carbonyl (C=O) groups is 1. The first-order chi connectivity index (χ1) is 8.95. The molecule has 1 aromatic rings. The van der Waals surface area contributed by atoms with Gasteiger partial charge < -0.3 is 14.7 Å². The third-order valence-electron chi connectivity index (χ3n) is 3.10. The molecule has 0 aliphatic carbocycles. The summed E-state index contributed by atoms with van der Waals surface area (Å²) in [5.41, 5.74) is 0.676. The molecule has 2 amide bonds. The number of methoxy groups -OCH3 is 1. The van der Waals surface area contributed by atoms with Gasteiger partial charge in [-0.3, -0.25) is 10.7 Å². The van der Waals surface area contributed by atoms with E-state index in [1.165, 1.54) is 13.2 Å². The molecule has 6 heteroatoms. The molecule has 1 saturated heterocycles. The third-order valence-corrected chi connectivity index (χ3v) is 3.10. The number of urea groups is 1. The Balaban J connectivity index is 2.41. The molecule has 1 aromatic carbocycles. The Bertz CT molecular complexity index is 528. The SMILES string of the molecule is COc1ccc(C2C(=N)NC(=O)N2C(C)C)cc1O. The Hall–Kier alpha value is -2.24. The lowest BCUT2D eigenvalue weighted by atomic mass is 10.0. The van der Waals surface area contributed by atoms with Gasteiger partial charge in [-0.05, 0) is 31.5 Å². The molecule has 0 bridgehead atoms. The van der Waals surface area contributed by atoms with Crippen molar-refractivity contribution >= 4 is 11.9 Å². The number of hydrogen-bond donors (Lipinski definition) is 3. The van der Waals surface area contributed by atoms with E-state index in [0.29, 0.717) is 11.3 Å². The van der Waals surface area contributed by atoms with Crippen LogP contribution in [-0.4, -0.2) is 35.0 Å². The summed E-state index contributed by atoms with van der Waals surface area (Å²) in [6.45, 7) is 3.77. The molecule has 1 aliphatic rings. The summed E-state index contributed by atoms with van der Waals surface area (Å²) in [4.78, 5) is 13.4. The Morgan fingerprint density at radius 2 is 2.16 bits per heavy atom. The summed E-state index contributed by atoms with van der Waals surface area (Å²) in [5.74, 6) is 0.475. The molecule has 0 radical (unpaired) electrons. The number of carbonyl (C=O) groups excluding carboxylic acids is 1. The van der Waals surface area contributed by atoms with Crippen molar-refractivity contribution in [3.63, 3.8) is 0 Å². The number of benzene rings is 1. The number of nitrogens with zero attached hydrogens (tertiary/aromatic N) is 1. The largest absolute Gasteiger partial charge is 0.504 e. The lowest BCUT2D eigenvalue weighted by Crippen LogP contribution is -2.35. The predicted molar refractivity (Wildman–Crippen MR) is 70.6 cm³/mol. The topological polar surface area (TPSA) is 85.7 Å². The molecular formula is C13H17N3O3. The molecule has 6 nitrogen and oxygen atoms in total. The van der Waals surface area contributed by atoms with Gasteiger partial charge in [0.25, 0.3) is 0 Å². The summed E-state index contributed by atoms with van der Waals surface area (Å²) in [6, 6.07) is 4.06. The number of amides is 2. The Morgan fingerprint density at radius 1 is 1.47 bits per heavy atom. The number of hydrogen-bond acceptors (Lipinski definition) is 4. The highest BCUT2D eigenvalue weighted by molar-refractivity contribution is 6.06. The Labute approximate surface area is 111 Å². The average molecular weight is 263 g/mol. The minimum absolute atomic E-state index is 0.00384. The van der Waals surface area contributed by atoms with Crippen LogP contribution >= 0.6 is 0 Å². The summed E-state index contributed by atoms with van der Waals surface area (Å²) < 4.78 is 4.99. The lowest BCUT2D eigenvalue weighted by Gasteiger charge is -2.26. The van der Waals surface area contributed by atoms with Crippen LogP contribution in [0.1, 0.15) is 25.5 Å². The van der Waals surface area contributed by atoms with Gasteiger partial charge in [0.05, 0.1) is 7.11 Å². The maximum Gasteiger partial charge on any atom is 0.323 e. The summed E-state index contributed by atoms with van der Waals surface area (Å²) in [7, 11) is 1.47. The zero-order valence-corrected chi connectivity index (χ0v) is 11.1. The van der Waals surface area contributed by atoms with Crippen LogP contribution in [0.2, 0.25) is 0 Å². The Kier molecular flexibility index (Phi) is 3.33. The van der Waals surface area contributed by atoms with E-state index in [4.69, 9.17) is 10.1 Å². The maximum absolute atomic E-state index is 11.8. The lowest BCUT2D eigenvalue weighted by molar-refractivity contribution is 0.190. The van der Waals surface area contributed by atoms with E-state index in [1.54, 1.807) is 17.0 Å². The van der Waals surface area contributed by atoms with Crippen molar-refractivity contribution < 1.29 is 14.6 Å². The highest BCUT2D eigenvalue weighted by atomic mass is 16.5. The van der Waals surface area contributed by atoms with E-state index in [0.717, 1.165) is 0 Å². The van der Waals surface area contributed by atoms with Gasteiger partial charge in [-0.25, -0.2) is 4.79 Å². The van der Waals surface area contributed by atoms with Crippen molar-refractivity contribution in [1.82, 2.24) is 10.2 Å². The van der Waals surface area contributed by atoms with Crippen LogP contribution in [0.4, 0.5) is 4.79 Å². The van der Waals surface area contributed by atoms with E-state index in [9.17, 15) is 9.90 Å². The van der Waals surface area contributed by atoms with Crippen LogP contribution in [0.25, 0.3) is 0 Å². The van der Waals surface area contributed by atoms with E-state index in [-0.39, 0.29) is 23.7 Å². The first-order valence-electron chi connectivity index (χ1n) is 6.00. The minimum Gasteiger partial charge on any atom is -0.504 e. The zero-order valence-electron chi connectivity index (χ0n) is 11.1. The smallest absolute Gasteiger partial charge is 0.323 e. The van der Waals surface area contributed by atoms with Crippen LogP contribution in [-0.2, 0) is 0 Å². The van der Waals surface area contributed by atoms with Crippen molar-refractivity contribution in [2.75, 3.05) is 7.11 Å². The molecule has 1 aliphatic heterocycles. The summed E-state index contributed by atoms with van der Waals surface area (Å²) >= 11 is 0. The van der Waals surface area contributed by atoms with Crippen LogP contribution in [0.3, 0.4) is 0 Å². The van der Waals surface area contributed by atoms with E-state index in [1.807, 2.05) is 13.8 Å². The zero-order chi connectivity index (χ0) is 14.2. The molecule has 0 saturated carbocycles. The van der Waals surface area contributed by atoms with Crippen LogP contribution < -0.4 is 10.1 Å². The number of rotatable bonds is 3. The van der Waals surface area contributed by atoms with Crippen molar-refractivity contribution in [3.8, 4) is 11.5 Å². The number of aromatic hydroxyl groups is 1. The molecule has 1 unspecified atom stereocenters. The van der Waals surface area contributed by atoms with Gasteiger partial charge in [0, 0.05) is 6.04 Å². The van der Waals surface area contributed by atoms with E-state index in [2.05, 4.69) is 5.32 Å². The molecule has 19 heavy (non-hydrogen) atoms. The van der Waals surface area contributed by atoms with Gasteiger partial charge in [0.1, 0.15) is 11.9 Å². The summed E-state index contributed by atoms with van der Waals surface area (Å²) in [5, 5.41) is 20.2. The molecule has 0 aromatic heterocycles. The quantitative estimate of drug-likeness (QED) is 0.778.